The second kappa shape index (κ2) is 7.76. The number of nitrogens with zero attached hydrogens (tertiary/aromatic N) is 1. The topological polar surface area (TPSA) is 30.8 Å². The number of aliphatic imine (C=N–C) groups is 1. The molecule has 4 heteroatoms. The predicted octanol–water partition coefficient (Wildman–Crippen LogP) is 3.77. The fraction of sp³-hybridized carbons (Fsp3) is 0.409. The molecule has 26 heavy (non-hydrogen) atoms. The van der Waals surface area contributed by atoms with Crippen LogP contribution in [0, 0.1) is 0 Å². The highest BCUT2D eigenvalue weighted by molar-refractivity contribution is 6.99. The van der Waals surface area contributed by atoms with Crippen molar-refractivity contribution in [3.05, 3.63) is 60.7 Å². The van der Waals surface area contributed by atoms with Crippen molar-refractivity contribution in [3.8, 4) is 0 Å². The molecule has 2 aromatic rings. The van der Waals surface area contributed by atoms with E-state index in [4.69, 9.17) is 9.16 Å². The van der Waals surface area contributed by atoms with Crippen LogP contribution in [0.25, 0.3) is 0 Å². The minimum atomic E-state index is -2.46. The summed E-state index contributed by atoms with van der Waals surface area (Å²) < 4.78 is 12.2. The van der Waals surface area contributed by atoms with Crippen LogP contribution in [0.15, 0.2) is 65.7 Å². The lowest BCUT2D eigenvalue weighted by Crippen LogP contribution is -2.67. The Morgan fingerprint density at radius 3 is 1.92 bits per heavy atom. The van der Waals surface area contributed by atoms with Crippen molar-refractivity contribution in [2.75, 3.05) is 13.7 Å². The van der Waals surface area contributed by atoms with E-state index in [0.717, 1.165) is 18.7 Å². The van der Waals surface area contributed by atoms with Gasteiger partial charge in [0.05, 0.1) is 19.8 Å². The summed E-state index contributed by atoms with van der Waals surface area (Å²) in [5, 5.41) is 2.63. The van der Waals surface area contributed by atoms with E-state index in [2.05, 4.69) is 86.4 Å². The molecular formula is C22H29NO2Si. The van der Waals surface area contributed by atoms with Gasteiger partial charge in [-0.1, -0.05) is 81.4 Å². The van der Waals surface area contributed by atoms with Crippen molar-refractivity contribution >= 4 is 24.6 Å². The van der Waals surface area contributed by atoms with E-state index in [-0.39, 0.29) is 11.1 Å². The van der Waals surface area contributed by atoms with Crippen molar-refractivity contribution in [1.82, 2.24) is 0 Å². The molecule has 0 saturated carbocycles. The molecule has 0 unspecified atom stereocenters. The third kappa shape index (κ3) is 3.62. The molecule has 1 aliphatic heterocycles. The average Bonchev–Trinajstić information content (AvgIpc) is 3.11. The maximum Gasteiger partial charge on any atom is 0.261 e. The van der Waals surface area contributed by atoms with Crippen LogP contribution >= 0.6 is 0 Å². The van der Waals surface area contributed by atoms with Crippen molar-refractivity contribution < 1.29 is 9.16 Å². The first-order valence-corrected chi connectivity index (χ1v) is 11.2. The van der Waals surface area contributed by atoms with Crippen LogP contribution in [-0.4, -0.2) is 34.0 Å². The second-order valence-corrected chi connectivity index (χ2v) is 12.2. The van der Waals surface area contributed by atoms with Crippen LogP contribution in [0.1, 0.15) is 33.6 Å². The molecule has 0 N–H and O–H groups in total. The average molecular weight is 368 g/mol. The van der Waals surface area contributed by atoms with Gasteiger partial charge in [0.25, 0.3) is 8.32 Å². The molecule has 0 fully saturated rings. The highest BCUT2D eigenvalue weighted by Gasteiger charge is 2.50. The largest absolute Gasteiger partial charge is 0.484 e. The molecule has 1 aliphatic rings. The highest BCUT2D eigenvalue weighted by Crippen LogP contribution is 2.37. The Morgan fingerprint density at radius 2 is 1.50 bits per heavy atom. The number of rotatable bonds is 5. The third-order valence-electron chi connectivity index (χ3n) is 5.16. The lowest BCUT2D eigenvalue weighted by molar-refractivity contribution is 0.272. The molecule has 0 radical (unpaired) electrons. The first kappa shape index (κ1) is 18.9. The van der Waals surface area contributed by atoms with Gasteiger partial charge in [0, 0.05) is 6.42 Å². The van der Waals surface area contributed by atoms with Gasteiger partial charge in [-0.2, -0.15) is 0 Å². The van der Waals surface area contributed by atoms with Crippen LogP contribution < -0.4 is 10.4 Å². The van der Waals surface area contributed by atoms with Gasteiger partial charge in [0.2, 0.25) is 0 Å². The van der Waals surface area contributed by atoms with Gasteiger partial charge in [-0.15, -0.1) is 0 Å². The van der Waals surface area contributed by atoms with E-state index in [1.807, 2.05) is 0 Å². The predicted molar refractivity (Wildman–Crippen MR) is 111 cm³/mol. The first-order valence-electron chi connectivity index (χ1n) is 9.33. The van der Waals surface area contributed by atoms with Crippen LogP contribution in [0.3, 0.4) is 0 Å². The summed E-state index contributed by atoms with van der Waals surface area (Å²) in [5.41, 5.74) is 0. The molecular weight excluding hydrogens is 338 g/mol. The zero-order valence-corrected chi connectivity index (χ0v) is 17.2. The van der Waals surface area contributed by atoms with Gasteiger partial charge in [0.15, 0.2) is 5.90 Å². The molecule has 0 saturated heterocycles. The number of methoxy groups -OCH3 is 1. The maximum absolute atomic E-state index is 6.92. The summed E-state index contributed by atoms with van der Waals surface area (Å²) in [6, 6.07) is 21.7. The molecule has 0 bridgehead atoms. The minimum Gasteiger partial charge on any atom is -0.484 e. The van der Waals surface area contributed by atoms with E-state index in [1.165, 1.54) is 10.4 Å². The third-order valence-corrected chi connectivity index (χ3v) is 10.2. The molecule has 1 atom stereocenters. The van der Waals surface area contributed by atoms with Crippen molar-refractivity contribution in [2.45, 2.75) is 44.7 Å². The Balaban J connectivity index is 2.02. The van der Waals surface area contributed by atoms with Crippen LogP contribution in [0.5, 0.6) is 0 Å². The molecule has 0 aliphatic carbocycles. The zero-order chi connectivity index (χ0) is 18.6. The summed E-state index contributed by atoms with van der Waals surface area (Å²) in [6.45, 7) is 7.55. The maximum atomic E-state index is 6.92. The van der Waals surface area contributed by atoms with Gasteiger partial charge >= 0.3 is 0 Å². The summed E-state index contributed by atoms with van der Waals surface area (Å²) in [7, 11) is -0.761. The van der Waals surface area contributed by atoms with E-state index in [1.54, 1.807) is 7.11 Å². The lowest BCUT2D eigenvalue weighted by atomic mass is 10.2. The Morgan fingerprint density at radius 1 is 0.962 bits per heavy atom. The molecule has 138 valence electrons. The summed E-state index contributed by atoms with van der Waals surface area (Å²) in [4.78, 5) is 4.67. The van der Waals surface area contributed by atoms with Gasteiger partial charge in [-0.3, -0.25) is 0 Å². The fourth-order valence-corrected chi connectivity index (χ4v) is 8.48. The number of hydrogen-bond donors (Lipinski definition) is 0. The molecule has 2 aromatic carbocycles. The van der Waals surface area contributed by atoms with Crippen molar-refractivity contribution in [3.63, 3.8) is 0 Å². The van der Waals surface area contributed by atoms with Crippen LogP contribution in [0.4, 0.5) is 0 Å². The Hall–Kier alpha value is -1.91. The monoisotopic (exact) mass is 367 g/mol. The SMILES string of the molecule is COC1=N[C@@H](CO[Si](c2ccccc2)(c2ccccc2)C(C)(C)C)CC1. The van der Waals surface area contributed by atoms with E-state index < -0.39 is 8.32 Å². The highest BCUT2D eigenvalue weighted by atomic mass is 28.4. The number of hydrogen-bond acceptors (Lipinski definition) is 3. The Bertz CT molecular complexity index is 698. The van der Waals surface area contributed by atoms with Crippen LogP contribution in [0.2, 0.25) is 5.04 Å². The fourth-order valence-electron chi connectivity index (χ4n) is 3.88. The number of ether oxygens (including phenoxy) is 1. The lowest BCUT2D eigenvalue weighted by Gasteiger charge is -2.43. The van der Waals surface area contributed by atoms with Gasteiger partial charge in [0.1, 0.15) is 0 Å². The summed E-state index contributed by atoms with van der Waals surface area (Å²) in [6.07, 6.45) is 1.91. The van der Waals surface area contributed by atoms with Crippen LogP contribution in [-0.2, 0) is 9.16 Å². The quantitative estimate of drug-likeness (QED) is 0.753. The Labute approximate surface area is 158 Å². The minimum absolute atomic E-state index is 0.00209. The normalized spacial score (nSPS) is 17.8. The molecule has 1 heterocycles. The summed E-state index contributed by atoms with van der Waals surface area (Å²) in [5.74, 6) is 0.848. The smallest absolute Gasteiger partial charge is 0.261 e. The molecule has 3 rings (SSSR count). The molecule has 0 aromatic heterocycles. The van der Waals surface area contributed by atoms with Gasteiger partial charge < -0.3 is 9.16 Å². The summed E-state index contributed by atoms with van der Waals surface area (Å²) >= 11 is 0. The molecule has 3 nitrogen and oxygen atoms in total. The van der Waals surface area contributed by atoms with Gasteiger partial charge in [-0.25, -0.2) is 4.99 Å². The number of benzene rings is 2. The van der Waals surface area contributed by atoms with Gasteiger partial charge in [-0.05, 0) is 21.8 Å². The molecule has 0 amide bonds. The second-order valence-electron chi connectivity index (χ2n) is 7.89. The standard InChI is InChI=1S/C22H29NO2Si/c1-22(2,3)26(19-11-7-5-8-12-19,20-13-9-6-10-14-20)25-17-18-15-16-21(23-18)24-4/h5-14,18H,15-17H2,1-4H3/t18-/m1/s1. The Kier molecular flexibility index (Phi) is 5.63. The van der Waals surface area contributed by atoms with E-state index >= 15 is 0 Å². The van der Waals surface area contributed by atoms with Crippen molar-refractivity contribution in [2.24, 2.45) is 4.99 Å². The first-order chi connectivity index (χ1) is 12.5. The zero-order valence-electron chi connectivity index (χ0n) is 16.2. The van der Waals surface area contributed by atoms with E-state index in [0.29, 0.717) is 6.61 Å². The molecule has 0 spiro atoms. The van der Waals surface area contributed by atoms with Crippen molar-refractivity contribution in [1.29, 1.82) is 0 Å². The van der Waals surface area contributed by atoms with E-state index in [9.17, 15) is 0 Å².